The number of phenols is 2. The van der Waals surface area contributed by atoms with Crippen LogP contribution in [0.4, 0.5) is 0 Å². The van der Waals surface area contributed by atoms with Crippen LogP contribution in [0.3, 0.4) is 0 Å². The summed E-state index contributed by atoms with van der Waals surface area (Å²) in [7, 11) is -4.08. The second kappa shape index (κ2) is 9.19. The average molecular weight is 505 g/mol. The van der Waals surface area contributed by atoms with Gasteiger partial charge in [0.2, 0.25) is 0 Å². The standard InChI is InChI=1S/C21H17BrN2O6S/c1-13(25)30-16-7-9-17(10-8-16)31(28,29)24-23-20(14-5-3-2-4-6-14)18-11-15(26)12-19(22)21(18)27/h2-12,24,26-27H,1H3/b23-20-. The minimum absolute atomic E-state index is 0.0924. The van der Waals surface area contributed by atoms with Crippen molar-refractivity contribution in [2.24, 2.45) is 5.10 Å². The van der Waals surface area contributed by atoms with E-state index in [9.17, 15) is 23.4 Å². The van der Waals surface area contributed by atoms with E-state index in [1.54, 1.807) is 30.3 Å². The number of nitrogens with zero attached hydrogens (tertiary/aromatic N) is 1. The molecule has 31 heavy (non-hydrogen) atoms. The molecular weight excluding hydrogens is 488 g/mol. The van der Waals surface area contributed by atoms with Gasteiger partial charge in [-0.2, -0.15) is 18.4 Å². The number of carbonyl (C=O) groups excluding carboxylic acids is 1. The van der Waals surface area contributed by atoms with Crippen molar-refractivity contribution in [3.8, 4) is 17.2 Å². The molecule has 0 atom stereocenters. The maximum absolute atomic E-state index is 12.7. The van der Waals surface area contributed by atoms with E-state index in [1.165, 1.54) is 43.3 Å². The van der Waals surface area contributed by atoms with Gasteiger partial charge in [-0.05, 0) is 52.3 Å². The third-order valence-corrected chi connectivity index (χ3v) is 5.85. The number of sulfonamides is 1. The van der Waals surface area contributed by atoms with Crippen LogP contribution in [0.15, 0.2) is 81.2 Å². The van der Waals surface area contributed by atoms with Crippen molar-refractivity contribution >= 4 is 37.6 Å². The van der Waals surface area contributed by atoms with E-state index in [0.29, 0.717) is 5.56 Å². The number of halogens is 1. The predicted octanol–water partition coefficient (Wildman–Crippen LogP) is 3.52. The lowest BCUT2D eigenvalue weighted by Gasteiger charge is -2.12. The molecule has 0 aliphatic heterocycles. The highest BCUT2D eigenvalue weighted by Gasteiger charge is 2.19. The average Bonchev–Trinajstić information content (AvgIpc) is 2.72. The fraction of sp³-hybridized carbons (Fsp3) is 0.0476. The van der Waals surface area contributed by atoms with Gasteiger partial charge in [0.25, 0.3) is 10.0 Å². The van der Waals surface area contributed by atoms with Crippen molar-refractivity contribution < 1.29 is 28.2 Å². The molecule has 0 amide bonds. The molecule has 0 heterocycles. The maximum Gasteiger partial charge on any atom is 0.308 e. The molecule has 0 fully saturated rings. The van der Waals surface area contributed by atoms with E-state index >= 15 is 0 Å². The second-order valence-electron chi connectivity index (χ2n) is 6.31. The number of hydrogen-bond donors (Lipinski definition) is 3. The molecule has 3 aromatic rings. The highest BCUT2D eigenvalue weighted by Crippen LogP contribution is 2.33. The normalized spacial score (nSPS) is 11.7. The summed E-state index contributed by atoms with van der Waals surface area (Å²) < 4.78 is 30.5. The molecule has 3 rings (SSSR count). The number of phenolic OH excluding ortho intramolecular Hbond substituents is 2. The van der Waals surface area contributed by atoms with Gasteiger partial charge in [0.05, 0.1) is 9.37 Å². The molecule has 0 saturated carbocycles. The monoisotopic (exact) mass is 504 g/mol. The first kappa shape index (κ1) is 22.3. The minimum atomic E-state index is -4.08. The molecule has 0 aromatic heterocycles. The van der Waals surface area contributed by atoms with Crippen LogP contribution in [-0.4, -0.2) is 30.3 Å². The first-order valence-corrected chi connectivity index (χ1v) is 11.1. The van der Waals surface area contributed by atoms with Crippen molar-refractivity contribution in [2.45, 2.75) is 11.8 Å². The molecule has 0 aliphatic carbocycles. The summed E-state index contributed by atoms with van der Waals surface area (Å²) in [6.07, 6.45) is 0. The lowest BCUT2D eigenvalue weighted by molar-refractivity contribution is -0.131. The SMILES string of the molecule is CC(=O)Oc1ccc(S(=O)(=O)N/N=C(/c2ccccc2)c2cc(O)cc(Br)c2O)cc1. The molecule has 0 spiro atoms. The Bertz CT molecular complexity index is 1240. The molecule has 0 radical (unpaired) electrons. The van der Waals surface area contributed by atoms with Gasteiger partial charge in [0.1, 0.15) is 23.0 Å². The summed E-state index contributed by atoms with van der Waals surface area (Å²) in [5.41, 5.74) is 0.712. The van der Waals surface area contributed by atoms with Gasteiger partial charge in [0, 0.05) is 18.1 Å². The number of rotatable bonds is 6. The number of hydrazone groups is 1. The molecule has 160 valence electrons. The van der Waals surface area contributed by atoms with Crippen LogP contribution in [0.1, 0.15) is 18.1 Å². The van der Waals surface area contributed by atoms with Crippen molar-refractivity contribution in [1.82, 2.24) is 4.83 Å². The van der Waals surface area contributed by atoms with Crippen LogP contribution in [0.25, 0.3) is 0 Å². The Kier molecular flexibility index (Phi) is 6.62. The number of esters is 1. The van der Waals surface area contributed by atoms with Gasteiger partial charge in [-0.25, -0.2) is 0 Å². The van der Waals surface area contributed by atoms with Crippen molar-refractivity contribution in [1.29, 1.82) is 0 Å². The molecule has 3 N–H and O–H groups in total. The minimum Gasteiger partial charge on any atom is -0.508 e. The number of nitrogens with one attached hydrogen (secondary N) is 1. The van der Waals surface area contributed by atoms with Crippen molar-refractivity contribution in [3.05, 3.63) is 82.3 Å². The van der Waals surface area contributed by atoms with Gasteiger partial charge < -0.3 is 14.9 Å². The topological polar surface area (TPSA) is 125 Å². The fourth-order valence-corrected chi connectivity index (χ4v) is 3.91. The Hall–Kier alpha value is -3.37. The molecular formula is C21H17BrN2O6S. The molecule has 0 aliphatic rings. The number of ether oxygens (including phenoxy) is 1. The Morgan fingerprint density at radius 1 is 1.03 bits per heavy atom. The number of benzene rings is 3. The van der Waals surface area contributed by atoms with Crippen LogP contribution >= 0.6 is 15.9 Å². The van der Waals surface area contributed by atoms with Crippen LogP contribution in [-0.2, 0) is 14.8 Å². The van der Waals surface area contributed by atoms with Gasteiger partial charge in [-0.15, -0.1) is 0 Å². The summed E-state index contributed by atoms with van der Waals surface area (Å²) in [5.74, 6) is -0.685. The molecule has 10 heteroatoms. The highest BCUT2D eigenvalue weighted by molar-refractivity contribution is 9.10. The first-order valence-electron chi connectivity index (χ1n) is 8.82. The largest absolute Gasteiger partial charge is 0.508 e. The predicted molar refractivity (Wildman–Crippen MR) is 118 cm³/mol. The maximum atomic E-state index is 12.7. The van der Waals surface area contributed by atoms with E-state index in [2.05, 4.69) is 25.9 Å². The lowest BCUT2D eigenvalue weighted by atomic mass is 10.0. The Balaban J connectivity index is 2.01. The number of aromatic hydroxyl groups is 2. The number of hydrogen-bond acceptors (Lipinski definition) is 7. The van der Waals surface area contributed by atoms with Crippen molar-refractivity contribution in [2.75, 3.05) is 0 Å². The molecule has 0 saturated heterocycles. The summed E-state index contributed by atoms with van der Waals surface area (Å²) in [6, 6.07) is 16.4. The Morgan fingerprint density at radius 2 is 1.68 bits per heavy atom. The summed E-state index contributed by atoms with van der Waals surface area (Å²) in [5, 5.41) is 24.4. The zero-order chi connectivity index (χ0) is 22.6. The Labute approximate surface area is 187 Å². The smallest absolute Gasteiger partial charge is 0.308 e. The van der Waals surface area contributed by atoms with Crippen LogP contribution < -0.4 is 9.57 Å². The summed E-state index contributed by atoms with van der Waals surface area (Å²) in [6.45, 7) is 1.24. The van der Waals surface area contributed by atoms with E-state index in [4.69, 9.17) is 4.74 Å². The second-order valence-corrected chi connectivity index (χ2v) is 8.83. The number of carbonyl (C=O) groups is 1. The fourth-order valence-electron chi connectivity index (χ4n) is 2.65. The summed E-state index contributed by atoms with van der Waals surface area (Å²) in [4.78, 5) is 13.0. The van der Waals surface area contributed by atoms with Crippen molar-refractivity contribution in [3.63, 3.8) is 0 Å². The molecule has 0 unspecified atom stereocenters. The van der Waals surface area contributed by atoms with Crippen LogP contribution in [0.5, 0.6) is 17.2 Å². The molecule has 3 aromatic carbocycles. The van der Waals surface area contributed by atoms with E-state index in [0.717, 1.165) is 0 Å². The van der Waals surface area contributed by atoms with E-state index in [1.807, 2.05) is 0 Å². The van der Waals surface area contributed by atoms with E-state index < -0.39 is 16.0 Å². The quantitative estimate of drug-likeness (QED) is 0.155. The van der Waals surface area contributed by atoms with E-state index in [-0.39, 0.29) is 37.9 Å². The van der Waals surface area contributed by atoms with Crippen LogP contribution in [0.2, 0.25) is 0 Å². The van der Waals surface area contributed by atoms with Gasteiger partial charge in [-0.1, -0.05) is 30.3 Å². The van der Waals surface area contributed by atoms with Gasteiger partial charge in [-0.3, -0.25) is 4.79 Å². The molecule has 0 bridgehead atoms. The Morgan fingerprint density at radius 3 is 2.29 bits per heavy atom. The summed E-state index contributed by atoms with van der Waals surface area (Å²) >= 11 is 3.15. The highest BCUT2D eigenvalue weighted by atomic mass is 79.9. The first-order chi connectivity index (χ1) is 14.7. The third-order valence-electron chi connectivity index (χ3n) is 4.02. The molecule has 8 nitrogen and oxygen atoms in total. The zero-order valence-corrected chi connectivity index (χ0v) is 18.5. The van der Waals surface area contributed by atoms with Gasteiger partial charge in [0.15, 0.2) is 0 Å². The zero-order valence-electron chi connectivity index (χ0n) is 16.1. The van der Waals surface area contributed by atoms with Gasteiger partial charge >= 0.3 is 5.97 Å². The third kappa shape index (κ3) is 5.41. The van der Waals surface area contributed by atoms with Crippen LogP contribution in [0, 0.1) is 0 Å². The lowest BCUT2D eigenvalue weighted by Crippen LogP contribution is -2.21.